The van der Waals surface area contributed by atoms with Gasteiger partial charge in [0.1, 0.15) is 0 Å². The molecule has 0 bridgehead atoms. The van der Waals surface area contributed by atoms with E-state index in [0.717, 1.165) is 39.8 Å². The number of likely N-dealkylation sites (N-methyl/N-ethyl adjacent to an activating group) is 1. The van der Waals surface area contributed by atoms with Crippen molar-refractivity contribution in [3.63, 3.8) is 0 Å². The van der Waals surface area contributed by atoms with E-state index in [4.69, 9.17) is 0 Å². The lowest BCUT2D eigenvalue weighted by Crippen LogP contribution is -2.25. The number of nitrogens with zero attached hydrogens (tertiary/aromatic N) is 3. The predicted molar refractivity (Wildman–Crippen MR) is 92.4 cm³/mol. The Hall–Kier alpha value is -0.720. The average Bonchev–Trinajstić information content (AvgIpc) is 2.75. The van der Waals surface area contributed by atoms with E-state index < -0.39 is 0 Å². The fraction of sp³-hybridized carbons (Fsp3) is 0.467. The second kappa shape index (κ2) is 7.51. The van der Waals surface area contributed by atoms with Gasteiger partial charge in [0.15, 0.2) is 0 Å². The van der Waals surface area contributed by atoms with Crippen molar-refractivity contribution in [3.8, 4) is 0 Å². The first kappa shape index (κ1) is 16.6. The zero-order chi connectivity index (χ0) is 15.4. The maximum atomic E-state index is 4.57. The lowest BCUT2D eigenvalue weighted by atomic mass is 10.1. The fourth-order valence-corrected chi connectivity index (χ4v) is 3.40. The SMILES string of the molecule is CCNC(Cc1c(Br)c(C)nn1CC)c1ncccc1Br. The van der Waals surface area contributed by atoms with Gasteiger partial charge in [-0.3, -0.25) is 9.67 Å². The minimum absolute atomic E-state index is 0.156. The Kier molecular flexibility index (Phi) is 5.96. The molecule has 2 aromatic heterocycles. The Labute approximate surface area is 142 Å². The van der Waals surface area contributed by atoms with Crippen LogP contribution in [0.4, 0.5) is 0 Å². The molecule has 0 saturated carbocycles. The van der Waals surface area contributed by atoms with Gasteiger partial charge in [-0.25, -0.2) is 0 Å². The van der Waals surface area contributed by atoms with Crippen LogP contribution >= 0.6 is 31.9 Å². The quantitative estimate of drug-likeness (QED) is 0.774. The highest BCUT2D eigenvalue weighted by Crippen LogP contribution is 2.28. The highest BCUT2D eigenvalue weighted by molar-refractivity contribution is 9.10. The van der Waals surface area contributed by atoms with Gasteiger partial charge in [0, 0.05) is 23.6 Å². The van der Waals surface area contributed by atoms with Crippen molar-refractivity contribution in [2.75, 3.05) is 6.54 Å². The van der Waals surface area contributed by atoms with Crippen molar-refractivity contribution < 1.29 is 0 Å². The average molecular weight is 416 g/mol. The summed E-state index contributed by atoms with van der Waals surface area (Å²) in [5.74, 6) is 0. The van der Waals surface area contributed by atoms with Gasteiger partial charge in [0.25, 0.3) is 0 Å². The zero-order valence-corrected chi connectivity index (χ0v) is 15.7. The van der Waals surface area contributed by atoms with Crippen molar-refractivity contribution in [1.82, 2.24) is 20.1 Å². The summed E-state index contributed by atoms with van der Waals surface area (Å²) in [6.07, 6.45) is 2.68. The second-order valence-corrected chi connectivity index (χ2v) is 6.49. The van der Waals surface area contributed by atoms with Crippen LogP contribution in [0, 0.1) is 6.92 Å². The summed E-state index contributed by atoms with van der Waals surface area (Å²) in [4.78, 5) is 4.53. The van der Waals surface area contributed by atoms with E-state index in [-0.39, 0.29) is 6.04 Å². The number of rotatable bonds is 6. The number of hydrogen-bond donors (Lipinski definition) is 1. The first-order valence-corrected chi connectivity index (χ1v) is 8.72. The minimum Gasteiger partial charge on any atom is -0.309 e. The Morgan fingerprint density at radius 2 is 2.10 bits per heavy atom. The molecule has 0 spiro atoms. The van der Waals surface area contributed by atoms with Gasteiger partial charge in [0.05, 0.1) is 27.6 Å². The lowest BCUT2D eigenvalue weighted by molar-refractivity contribution is 0.504. The number of nitrogens with one attached hydrogen (secondary N) is 1. The second-order valence-electron chi connectivity index (χ2n) is 4.85. The smallest absolute Gasteiger partial charge is 0.0738 e. The monoisotopic (exact) mass is 414 g/mol. The van der Waals surface area contributed by atoms with Gasteiger partial charge in [-0.2, -0.15) is 5.10 Å². The van der Waals surface area contributed by atoms with Gasteiger partial charge in [0.2, 0.25) is 0 Å². The summed E-state index contributed by atoms with van der Waals surface area (Å²) >= 11 is 7.27. The molecule has 4 nitrogen and oxygen atoms in total. The molecule has 0 aliphatic heterocycles. The number of aryl methyl sites for hydroxylation is 2. The van der Waals surface area contributed by atoms with E-state index in [0.29, 0.717) is 0 Å². The van der Waals surface area contributed by atoms with Crippen molar-refractivity contribution in [1.29, 1.82) is 0 Å². The topological polar surface area (TPSA) is 42.7 Å². The third-order valence-electron chi connectivity index (χ3n) is 3.42. The van der Waals surface area contributed by atoms with Crippen LogP contribution < -0.4 is 5.32 Å². The first-order chi connectivity index (χ1) is 10.1. The van der Waals surface area contributed by atoms with Crippen LogP contribution in [0.15, 0.2) is 27.3 Å². The van der Waals surface area contributed by atoms with E-state index in [9.17, 15) is 0 Å². The fourth-order valence-electron chi connectivity index (χ4n) is 2.42. The van der Waals surface area contributed by atoms with Crippen molar-refractivity contribution in [2.45, 2.75) is 39.8 Å². The number of aromatic nitrogens is 3. The van der Waals surface area contributed by atoms with Crippen molar-refractivity contribution in [2.24, 2.45) is 0 Å². The molecule has 0 aromatic carbocycles. The summed E-state index contributed by atoms with van der Waals surface area (Å²) in [5, 5.41) is 8.09. The first-order valence-electron chi connectivity index (χ1n) is 7.14. The molecule has 0 fully saturated rings. The number of hydrogen-bond acceptors (Lipinski definition) is 3. The molecule has 0 amide bonds. The molecular weight excluding hydrogens is 396 g/mol. The molecule has 1 atom stereocenters. The summed E-state index contributed by atoms with van der Waals surface area (Å²) in [7, 11) is 0. The van der Waals surface area contributed by atoms with E-state index >= 15 is 0 Å². The molecule has 1 unspecified atom stereocenters. The standard InChI is InChI=1S/C15H20Br2N4/c1-4-18-12(15-11(16)7-6-8-19-15)9-13-14(17)10(3)20-21(13)5-2/h6-8,12,18H,4-5,9H2,1-3H3. The summed E-state index contributed by atoms with van der Waals surface area (Å²) in [6, 6.07) is 4.13. The maximum absolute atomic E-state index is 4.57. The summed E-state index contributed by atoms with van der Waals surface area (Å²) < 4.78 is 4.19. The number of halogens is 2. The molecule has 6 heteroatoms. The molecule has 0 aliphatic rings. The van der Waals surface area contributed by atoms with Crippen LogP contribution in [0.25, 0.3) is 0 Å². The third kappa shape index (κ3) is 3.73. The maximum Gasteiger partial charge on any atom is 0.0738 e. The predicted octanol–water partition coefficient (Wildman–Crippen LogP) is 4.02. The minimum atomic E-state index is 0.156. The molecule has 0 aliphatic carbocycles. The van der Waals surface area contributed by atoms with Gasteiger partial charge in [-0.1, -0.05) is 6.92 Å². The normalized spacial score (nSPS) is 12.6. The molecule has 2 heterocycles. The summed E-state index contributed by atoms with van der Waals surface area (Å²) in [6.45, 7) is 8.01. The van der Waals surface area contributed by atoms with Crippen LogP contribution in [0.3, 0.4) is 0 Å². The third-order valence-corrected chi connectivity index (χ3v) is 5.12. The van der Waals surface area contributed by atoms with Gasteiger partial charge in [-0.05, 0) is 64.4 Å². The highest BCUT2D eigenvalue weighted by atomic mass is 79.9. The van der Waals surface area contributed by atoms with E-state index in [1.165, 1.54) is 5.69 Å². The Morgan fingerprint density at radius 1 is 1.33 bits per heavy atom. The van der Waals surface area contributed by atoms with E-state index in [1.54, 1.807) is 0 Å². The van der Waals surface area contributed by atoms with Crippen LogP contribution in [0.1, 0.15) is 37.0 Å². The summed E-state index contributed by atoms with van der Waals surface area (Å²) in [5.41, 5.74) is 3.27. The molecule has 2 rings (SSSR count). The Bertz CT molecular complexity index is 610. The molecule has 0 radical (unpaired) electrons. The molecule has 114 valence electrons. The number of pyridine rings is 1. The van der Waals surface area contributed by atoms with Crippen molar-refractivity contribution in [3.05, 3.63) is 44.4 Å². The molecule has 1 N–H and O–H groups in total. The van der Waals surface area contributed by atoms with Crippen LogP contribution in [-0.4, -0.2) is 21.3 Å². The van der Waals surface area contributed by atoms with Crippen LogP contribution in [0.5, 0.6) is 0 Å². The molecule has 2 aromatic rings. The molecule has 0 saturated heterocycles. The van der Waals surface area contributed by atoms with Crippen LogP contribution in [-0.2, 0) is 13.0 Å². The largest absolute Gasteiger partial charge is 0.309 e. The van der Waals surface area contributed by atoms with Gasteiger partial charge < -0.3 is 5.32 Å². The van der Waals surface area contributed by atoms with Gasteiger partial charge >= 0.3 is 0 Å². The Balaban J connectivity index is 2.35. The zero-order valence-electron chi connectivity index (χ0n) is 12.5. The lowest BCUT2D eigenvalue weighted by Gasteiger charge is -2.19. The highest BCUT2D eigenvalue weighted by Gasteiger charge is 2.20. The van der Waals surface area contributed by atoms with Crippen LogP contribution in [0.2, 0.25) is 0 Å². The Morgan fingerprint density at radius 3 is 2.71 bits per heavy atom. The van der Waals surface area contributed by atoms with Crippen molar-refractivity contribution >= 4 is 31.9 Å². The van der Waals surface area contributed by atoms with Gasteiger partial charge in [-0.15, -0.1) is 0 Å². The molecular formula is C15H20Br2N4. The van der Waals surface area contributed by atoms with E-state index in [2.05, 4.69) is 65.8 Å². The van der Waals surface area contributed by atoms with E-state index in [1.807, 2.05) is 25.3 Å². The molecule has 21 heavy (non-hydrogen) atoms.